The molecular formula is C7H14ClF2N. The third-order valence-corrected chi connectivity index (χ3v) is 2.27. The highest BCUT2D eigenvalue weighted by molar-refractivity contribution is 5.85. The number of nitrogens with two attached hydrogens (primary N) is 1. The molecule has 2 N–H and O–H groups in total. The molecule has 0 radical (unpaired) electrons. The van der Waals surface area contributed by atoms with Crippen LogP contribution in [0, 0.1) is 5.41 Å². The topological polar surface area (TPSA) is 26.0 Å². The van der Waals surface area contributed by atoms with Crippen molar-refractivity contribution in [1.82, 2.24) is 0 Å². The number of rotatable bonds is 1. The fraction of sp³-hybridized carbons (Fsp3) is 1.00. The average Bonchev–Trinajstić information content (AvgIpc) is 2.08. The van der Waals surface area contributed by atoms with E-state index in [0.29, 0.717) is 13.0 Å². The van der Waals surface area contributed by atoms with Gasteiger partial charge in [-0.15, -0.1) is 12.4 Å². The van der Waals surface area contributed by atoms with Gasteiger partial charge in [0.1, 0.15) is 0 Å². The van der Waals surface area contributed by atoms with Crippen LogP contribution in [0.2, 0.25) is 0 Å². The van der Waals surface area contributed by atoms with Crippen LogP contribution in [0.3, 0.4) is 0 Å². The van der Waals surface area contributed by atoms with Gasteiger partial charge in [0.2, 0.25) is 5.92 Å². The molecule has 1 saturated carbocycles. The van der Waals surface area contributed by atoms with Crippen molar-refractivity contribution >= 4 is 12.4 Å². The largest absolute Gasteiger partial charge is 0.330 e. The summed E-state index contributed by atoms with van der Waals surface area (Å²) in [6.45, 7) is 2.20. The highest BCUT2D eigenvalue weighted by atomic mass is 35.5. The molecule has 0 aromatic rings. The van der Waals surface area contributed by atoms with Crippen LogP contribution in [-0.2, 0) is 0 Å². The molecule has 0 bridgehead atoms. The Morgan fingerprint density at radius 1 is 1.36 bits per heavy atom. The van der Waals surface area contributed by atoms with E-state index in [1.54, 1.807) is 0 Å². The summed E-state index contributed by atoms with van der Waals surface area (Å²) in [5.74, 6) is -2.45. The predicted octanol–water partition coefficient (Wildman–Crippen LogP) is 2.19. The van der Waals surface area contributed by atoms with Gasteiger partial charge in [0.15, 0.2) is 0 Å². The summed E-state index contributed by atoms with van der Waals surface area (Å²) in [5.41, 5.74) is 5.05. The smallest absolute Gasteiger partial charge is 0.248 e. The summed E-state index contributed by atoms with van der Waals surface area (Å²) in [6, 6.07) is 0. The number of hydrogen-bond donors (Lipinski definition) is 1. The van der Waals surface area contributed by atoms with Crippen LogP contribution in [0.15, 0.2) is 0 Å². The van der Waals surface area contributed by atoms with Gasteiger partial charge in [0.25, 0.3) is 0 Å². The molecule has 1 atom stereocenters. The van der Waals surface area contributed by atoms with E-state index < -0.39 is 5.92 Å². The Balaban J connectivity index is 0.000001000. The monoisotopic (exact) mass is 185 g/mol. The zero-order valence-corrected chi connectivity index (χ0v) is 7.39. The molecule has 1 fully saturated rings. The maximum atomic E-state index is 12.6. The van der Waals surface area contributed by atoms with Gasteiger partial charge in [-0.25, -0.2) is 8.78 Å². The molecule has 0 heterocycles. The molecule has 1 nitrogen and oxygen atoms in total. The molecule has 11 heavy (non-hydrogen) atoms. The van der Waals surface area contributed by atoms with Gasteiger partial charge in [-0.1, -0.05) is 6.92 Å². The first-order chi connectivity index (χ1) is 4.47. The fourth-order valence-corrected chi connectivity index (χ4v) is 1.46. The third kappa shape index (κ3) is 2.56. The van der Waals surface area contributed by atoms with Crippen LogP contribution in [0.25, 0.3) is 0 Å². The van der Waals surface area contributed by atoms with Crippen molar-refractivity contribution in [3.63, 3.8) is 0 Å². The zero-order valence-electron chi connectivity index (χ0n) is 6.57. The van der Waals surface area contributed by atoms with E-state index in [1.807, 2.05) is 6.92 Å². The van der Waals surface area contributed by atoms with Crippen LogP contribution in [0.4, 0.5) is 8.78 Å². The van der Waals surface area contributed by atoms with Crippen LogP contribution in [0.5, 0.6) is 0 Å². The quantitative estimate of drug-likeness (QED) is 0.666. The van der Waals surface area contributed by atoms with Gasteiger partial charge in [0, 0.05) is 12.8 Å². The fourth-order valence-electron chi connectivity index (χ4n) is 1.46. The van der Waals surface area contributed by atoms with Crippen molar-refractivity contribution in [3.05, 3.63) is 0 Å². The lowest BCUT2D eigenvalue weighted by Crippen LogP contribution is -2.25. The minimum atomic E-state index is -2.45. The van der Waals surface area contributed by atoms with Crippen molar-refractivity contribution in [2.75, 3.05) is 6.54 Å². The molecule has 0 aromatic carbocycles. The van der Waals surface area contributed by atoms with Crippen LogP contribution in [-0.4, -0.2) is 12.5 Å². The summed E-state index contributed by atoms with van der Waals surface area (Å²) in [5, 5.41) is 0. The molecule has 0 spiro atoms. The van der Waals surface area contributed by atoms with E-state index >= 15 is 0 Å². The standard InChI is InChI=1S/C7H13F2N.ClH/c1-6(5-10)2-3-7(8,9)4-6;/h2-5,10H2,1H3;1H. The van der Waals surface area contributed by atoms with Crippen LogP contribution < -0.4 is 5.73 Å². The second kappa shape index (κ2) is 3.23. The van der Waals surface area contributed by atoms with E-state index in [-0.39, 0.29) is 30.7 Å². The molecule has 1 unspecified atom stereocenters. The van der Waals surface area contributed by atoms with Gasteiger partial charge < -0.3 is 5.73 Å². The lowest BCUT2D eigenvalue weighted by atomic mass is 9.89. The molecule has 1 rings (SSSR count). The summed E-state index contributed by atoms with van der Waals surface area (Å²) in [6.07, 6.45) is 0.549. The first-order valence-electron chi connectivity index (χ1n) is 3.55. The highest BCUT2D eigenvalue weighted by Crippen LogP contribution is 2.46. The van der Waals surface area contributed by atoms with Crippen LogP contribution >= 0.6 is 12.4 Å². The summed E-state index contributed by atoms with van der Waals surface area (Å²) in [7, 11) is 0. The predicted molar refractivity (Wildman–Crippen MR) is 43.2 cm³/mol. The second-order valence-electron chi connectivity index (χ2n) is 3.55. The maximum absolute atomic E-state index is 12.6. The Kier molecular flexibility index (Phi) is 3.27. The molecule has 0 amide bonds. The highest BCUT2D eigenvalue weighted by Gasteiger charge is 2.45. The van der Waals surface area contributed by atoms with Crippen molar-refractivity contribution in [2.45, 2.75) is 32.1 Å². The molecule has 4 heteroatoms. The summed E-state index contributed by atoms with van der Waals surface area (Å²) in [4.78, 5) is 0. The van der Waals surface area contributed by atoms with Crippen molar-refractivity contribution in [2.24, 2.45) is 11.1 Å². The lowest BCUT2D eigenvalue weighted by molar-refractivity contribution is -0.00134. The normalized spacial score (nSPS) is 34.9. The molecular weight excluding hydrogens is 172 g/mol. The number of hydrogen-bond acceptors (Lipinski definition) is 1. The van der Waals surface area contributed by atoms with Gasteiger partial charge >= 0.3 is 0 Å². The first kappa shape index (κ1) is 11.1. The van der Waals surface area contributed by atoms with Gasteiger partial charge in [-0.3, -0.25) is 0 Å². The second-order valence-corrected chi connectivity index (χ2v) is 3.55. The summed E-state index contributed by atoms with van der Waals surface area (Å²) >= 11 is 0. The Bertz CT molecular complexity index is 140. The minimum Gasteiger partial charge on any atom is -0.330 e. The Morgan fingerprint density at radius 3 is 2.09 bits per heavy atom. The Labute approximate surface area is 71.7 Å². The van der Waals surface area contributed by atoms with E-state index in [4.69, 9.17) is 5.73 Å². The number of halogens is 3. The molecule has 0 aromatic heterocycles. The zero-order chi connectivity index (χ0) is 7.83. The molecule has 0 saturated heterocycles. The lowest BCUT2D eigenvalue weighted by Gasteiger charge is -2.20. The molecule has 1 aliphatic carbocycles. The average molecular weight is 186 g/mol. The van der Waals surface area contributed by atoms with Crippen molar-refractivity contribution in [3.8, 4) is 0 Å². The van der Waals surface area contributed by atoms with Gasteiger partial charge in [-0.2, -0.15) is 0 Å². The molecule has 0 aliphatic heterocycles. The minimum absolute atomic E-state index is 0. The van der Waals surface area contributed by atoms with E-state index in [2.05, 4.69) is 0 Å². The molecule has 68 valence electrons. The van der Waals surface area contributed by atoms with Crippen molar-refractivity contribution < 1.29 is 8.78 Å². The van der Waals surface area contributed by atoms with E-state index in [9.17, 15) is 8.78 Å². The van der Waals surface area contributed by atoms with Gasteiger partial charge in [-0.05, 0) is 18.4 Å². The van der Waals surface area contributed by atoms with E-state index in [0.717, 1.165) is 0 Å². The van der Waals surface area contributed by atoms with Crippen molar-refractivity contribution in [1.29, 1.82) is 0 Å². The maximum Gasteiger partial charge on any atom is 0.248 e. The van der Waals surface area contributed by atoms with Crippen LogP contribution in [0.1, 0.15) is 26.2 Å². The summed E-state index contributed by atoms with van der Waals surface area (Å²) < 4.78 is 25.1. The first-order valence-corrected chi connectivity index (χ1v) is 3.55. The Hall–Kier alpha value is 0.110. The van der Waals surface area contributed by atoms with Gasteiger partial charge in [0.05, 0.1) is 0 Å². The SMILES string of the molecule is CC1(CN)CCC(F)(F)C1.Cl. The third-order valence-electron chi connectivity index (χ3n) is 2.27. The Morgan fingerprint density at radius 2 is 1.91 bits per heavy atom. The molecule has 1 aliphatic rings. The van der Waals surface area contributed by atoms with E-state index in [1.165, 1.54) is 0 Å². The number of alkyl halides is 2.